The van der Waals surface area contributed by atoms with E-state index in [1.54, 1.807) is 35.3 Å². The van der Waals surface area contributed by atoms with Crippen LogP contribution in [0.1, 0.15) is 20.8 Å². The monoisotopic (exact) mass is 365 g/mol. The lowest BCUT2D eigenvalue weighted by molar-refractivity contribution is 0.925. The molecule has 0 aliphatic rings. The average Bonchev–Trinajstić information content (AvgIpc) is 2.42. The average molecular weight is 366 g/mol. The Balaban J connectivity index is 2.02. The maximum absolute atomic E-state index is 6.51. The van der Waals surface area contributed by atoms with E-state index in [4.69, 9.17) is 17.2 Å². The quantitative estimate of drug-likeness (QED) is 0.386. The fourth-order valence-corrected chi connectivity index (χ4v) is 6.89. The molecule has 1 atom stereocenters. The van der Waals surface area contributed by atoms with Crippen molar-refractivity contribution in [2.45, 2.75) is 38.8 Å². The maximum atomic E-state index is 6.51. The third kappa shape index (κ3) is 6.22. The van der Waals surface area contributed by atoms with E-state index in [-0.39, 0.29) is 4.08 Å². The first-order chi connectivity index (χ1) is 10.7. The molecule has 2 aromatic carbocycles. The highest BCUT2D eigenvalue weighted by Gasteiger charge is 2.32. The van der Waals surface area contributed by atoms with Gasteiger partial charge >= 0.3 is 0 Å². The summed E-state index contributed by atoms with van der Waals surface area (Å²) in [7, 11) is 0. The van der Waals surface area contributed by atoms with Crippen molar-refractivity contribution in [1.82, 2.24) is 0 Å². The van der Waals surface area contributed by atoms with Crippen LogP contribution in [0.5, 0.6) is 0 Å². The van der Waals surface area contributed by atoms with Gasteiger partial charge in [-0.15, -0.1) is 23.5 Å². The number of hydrogen-bond donors (Lipinski definition) is 3. The van der Waals surface area contributed by atoms with E-state index in [2.05, 4.69) is 13.8 Å². The summed E-state index contributed by atoms with van der Waals surface area (Å²) in [4.78, 5) is 2.30. The Bertz CT molecular complexity index is 580. The standard InChI is InChI=1S/C17H23N3S3/c1-16(2,21-14-8-4-12(18)5-9-14)23-17(3,20)22-15-10-6-13(19)7-11-15/h4-11H,18-20H2,1-3H3. The zero-order valence-electron chi connectivity index (χ0n) is 13.6. The van der Waals surface area contributed by atoms with Crippen LogP contribution >= 0.6 is 35.3 Å². The maximum Gasteiger partial charge on any atom is 0.112 e. The predicted molar refractivity (Wildman–Crippen MR) is 108 cm³/mol. The third-order valence-electron chi connectivity index (χ3n) is 2.89. The van der Waals surface area contributed by atoms with Crippen LogP contribution in [0.25, 0.3) is 0 Å². The first-order valence-corrected chi connectivity index (χ1v) is 9.68. The summed E-state index contributed by atoms with van der Waals surface area (Å²) < 4.78 is -0.513. The summed E-state index contributed by atoms with van der Waals surface area (Å²) in [6, 6.07) is 15.8. The SMILES string of the molecule is CC(C)(Sc1ccc(N)cc1)SC(C)(N)Sc1ccc(N)cc1. The van der Waals surface area contributed by atoms with E-state index in [0.717, 1.165) is 16.3 Å². The first kappa shape index (κ1) is 18.4. The number of nitrogens with two attached hydrogens (primary N) is 3. The molecule has 0 bridgehead atoms. The minimum Gasteiger partial charge on any atom is -0.399 e. The van der Waals surface area contributed by atoms with Crippen LogP contribution in [0.15, 0.2) is 58.3 Å². The van der Waals surface area contributed by atoms with Gasteiger partial charge in [0, 0.05) is 21.2 Å². The summed E-state index contributed by atoms with van der Waals surface area (Å²) in [5.74, 6) is 0. The fourth-order valence-electron chi connectivity index (χ4n) is 2.12. The van der Waals surface area contributed by atoms with Gasteiger partial charge in [0.25, 0.3) is 0 Å². The largest absolute Gasteiger partial charge is 0.399 e. The molecule has 0 amide bonds. The molecule has 1 unspecified atom stereocenters. The van der Waals surface area contributed by atoms with E-state index in [1.807, 2.05) is 55.5 Å². The third-order valence-corrected chi connectivity index (χ3v) is 6.70. The van der Waals surface area contributed by atoms with Crippen LogP contribution in [-0.2, 0) is 0 Å². The van der Waals surface area contributed by atoms with Crippen LogP contribution < -0.4 is 17.2 Å². The molecular formula is C17H23N3S3. The molecule has 0 aliphatic carbocycles. The normalized spacial score (nSPS) is 14.4. The minimum absolute atomic E-state index is 0.0690. The van der Waals surface area contributed by atoms with Gasteiger partial charge in [-0.1, -0.05) is 11.8 Å². The van der Waals surface area contributed by atoms with Crippen molar-refractivity contribution >= 4 is 46.7 Å². The lowest BCUT2D eigenvalue weighted by Gasteiger charge is -2.33. The zero-order valence-corrected chi connectivity index (χ0v) is 16.0. The van der Waals surface area contributed by atoms with Gasteiger partial charge in [0.2, 0.25) is 0 Å². The highest BCUT2D eigenvalue weighted by atomic mass is 32.2. The zero-order chi connectivity index (χ0) is 17.1. The minimum atomic E-state index is -0.444. The van der Waals surface area contributed by atoms with Crippen molar-refractivity contribution in [3.05, 3.63) is 48.5 Å². The van der Waals surface area contributed by atoms with Gasteiger partial charge in [0.15, 0.2) is 0 Å². The summed E-state index contributed by atoms with van der Waals surface area (Å²) in [5, 5.41) is 0. The van der Waals surface area contributed by atoms with Gasteiger partial charge in [-0.05, 0) is 69.3 Å². The topological polar surface area (TPSA) is 78.1 Å². The van der Waals surface area contributed by atoms with E-state index in [0.29, 0.717) is 0 Å². The Morgan fingerprint density at radius 3 is 1.52 bits per heavy atom. The van der Waals surface area contributed by atoms with Crippen molar-refractivity contribution in [3.8, 4) is 0 Å². The Morgan fingerprint density at radius 2 is 1.09 bits per heavy atom. The molecule has 0 fully saturated rings. The number of rotatable bonds is 6. The van der Waals surface area contributed by atoms with Crippen LogP contribution in [0, 0.1) is 0 Å². The summed E-state index contributed by atoms with van der Waals surface area (Å²) in [6.07, 6.45) is 0. The highest BCUT2D eigenvalue weighted by Crippen LogP contribution is 2.50. The molecule has 2 aromatic rings. The molecule has 6 heteroatoms. The van der Waals surface area contributed by atoms with Crippen molar-refractivity contribution in [1.29, 1.82) is 0 Å². The van der Waals surface area contributed by atoms with Crippen LogP contribution in [0.2, 0.25) is 0 Å². The van der Waals surface area contributed by atoms with Gasteiger partial charge < -0.3 is 17.2 Å². The van der Waals surface area contributed by atoms with E-state index < -0.39 is 4.20 Å². The van der Waals surface area contributed by atoms with Gasteiger partial charge in [0.1, 0.15) is 4.20 Å². The van der Waals surface area contributed by atoms with E-state index in [9.17, 15) is 0 Å². The van der Waals surface area contributed by atoms with Gasteiger partial charge in [0.05, 0.1) is 4.08 Å². The molecule has 0 aromatic heterocycles. The molecule has 3 nitrogen and oxygen atoms in total. The van der Waals surface area contributed by atoms with E-state index >= 15 is 0 Å². The molecule has 124 valence electrons. The molecule has 0 saturated carbocycles. The van der Waals surface area contributed by atoms with Crippen molar-refractivity contribution < 1.29 is 0 Å². The highest BCUT2D eigenvalue weighted by molar-refractivity contribution is 8.25. The number of nitrogen functional groups attached to an aromatic ring is 2. The molecular weight excluding hydrogens is 342 g/mol. The predicted octanol–water partition coefficient (Wildman–Crippen LogP) is 4.84. The number of anilines is 2. The molecule has 23 heavy (non-hydrogen) atoms. The molecule has 6 N–H and O–H groups in total. The van der Waals surface area contributed by atoms with Gasteiger partial charge in [-0.2, -0.15) is 0 Å². The second-order valence-electron chi connectivity index (χ2n) is 5.86. The Kier molecular flexibility index (Phi) is 5.84. The van der Waals surface area contributed by atoms with Crippen LogP contribution in [-0.4, -0.2) is 8.28 Å². The van der Waals surface area contributed by atoms with Crippen LogP contribution in [0.4, 0.5) is 11.4 Å². The van der Waals surface area contributed by atoms with Crippen molar-refractivity contribution in [2.24, 2.45) is 5.73 Å². The smallest absolute Gasteiger partial charge is 0.112 e. The summed E-state index contributed by atoms with van der Waals surface area (Å²) in [6.45, 7) is 6.42. The van der Waals surface area contributed by atoms with Crippen LogP contribution in [0.3, 0.4) is 0 Å². The molecule has 0 radical (unpaired) electrons. The second-order valence-corrected chi connectivity index (χ2v) is 11.7. The number of hydrogen-bond acceptors (Lipinski definition) is 6. The molecule has 2 rings (SSSR count). The molecule has 0 saturated heterocycles. The number of benzene rings is 2. The lowest BCUT2D eigenvalue weighted by Crippen LogP contribution is -2.32. The van der Waals surface area contributed by atoms with E-state index in [1.165, 1.54) is 4.90 Å². The van der Waals surface area contributed by atoms with Crippen molar-refractivity contribution in [2.75, 3.05) is 11.5 Å². The summed E-state index contributed by atoms with van der Waals surface area (Å²) in [5.41, 5.74) is 19.5. The second kappa shape index (κ2) is 7.30. The fraction of sp³-hybridized carbons (Fsp3) is 0.294. The Labute approximate surface area is 151 Å². The Morgan fingerprint density at radius 1 is 0.696 bits per heavy atom. The Hall–Kier alpha value is -0.950. The molecule has 0 aliphatic heterocycles. The lowest BCUT2D eigenvalue weighted by atomic mass is 10.3. The first-order valence-electron chi connectivity index (χ1n) is 7.23. The van der Waals surface area contributed by atoms with Crippen molar-refractivity contribution in [3.63, 3.8) is 0 Å². The number of thioether (sulfide) groups is 3. The van der Waals surface area contributed by atoms with Gasteiger partial charge in [-0.25, -0.2) is 0 Å². The molecule has 0 spiro atoms. The molecule has 0 heterocycles. The van der Waals surface area contributed by atoms with Gasteiger partial charge in [-0.3, -0.25) is 0 Å². The summed E-state index contributed by atoms with van der Waals surface area (Å²) >= 11 is 5.18.